The van der Waals surface area contributed by atoms with Crippen LogP contribution in [-0.4, -0.2) is 80.4 Å². The van der Waals surface area contributed by atoms with Crippen molar-refractivity contribution in [1.29, 1.82) is 0 Å². The Labute approximate surface area is 209 Å². The fourth-order valence-corrected chi connectivity index (χ4v) is 5.25. The van der Waals surface area contributed by atoms with Gasteiger partial charge in [-0.05, 0) is 25.5 Å². The number of benzene rings is 1. The van der Waals surface area contributed by atoms with E-state index in [9.17, 15) is 31.8 Å². The molecule has 1 aliphatic heterocycles. The lowest BCUT2D eigenvalue weighted by Crippen LogP contribution is -2.51. The second kappa shape index (κ2) is 10.1. The molecule has 3 heterocycles. The van der Waals surface area contributed by atoms with Crippen molar-refractivity contribution in [3.05, 3.63) is 35.0 Å². The van der Waals surface area contributed by atoms with Gasteiger partial charge in [0, 0.05) is 18.7 Å². The number of sulfonamides is 1. The van der Waals surface area contributed by atoms with Gasteiger partial charge in [-0.1, -0.05) is 11.6 Å². The van der Waals surface area contributed by atoms with Gasteiger partial charge in [-0.3, -0.25) is 0 Å². The molecule has 3 N–H and O–H groups in total. The van der Waals surface area contributed by atoms with E-state index in [1.165, 1.54) is 23.5 Å². The van der Waals surface area contributed by atoms with Gasteiger partial charge in [0.15, 0.2) is 5.82 Å². The SMILES string of the molecule is CC(C(F)F)n1c(CO)nc2c(F)cc(-c3nc(NC4CCN(S(C)(=O)=O)C[C@H]4O)ncc3Cl)cc21. The summed E-state index contributed by atoms with van der Waals surface area (Å²) in [6, 6.07) is 0.562. The Hall–Kier alpha value is -2.52. The van der Waals surface area contributed by atoms with Gasteiger partial charge in [-0.15, -0.1) is 0 Å². The minimum atomic E-state index is -3.45. The molecular formula is C21H24ClF3N6O4S. The van der Waals surface area contributed by atoms with Crippen LogP contribution in [0.2, 0.25) is 5.02 Å². The summed E-state index contributed by atoms with van der Waals surface area (Å²) in [7, 11) is -3.45. The van der Waals surface area contributed by atoms with Crippen molar-refractivity contribution in [1.82, 2.24) is 23.8 Å². The highest BCUT2D eigenvalue weighted by Crippen LogP contribution is 2.33. The average molecular weight is 549 g/mol. The molecular weight excluding hydrogens is 525 g/mol. The number of anilines is 1. The topological polar surface area (TPSA) is 133 Å². The van der Waals surface area contributed by atoms with Crippen LogP contribution in [0.1, 0.15) is 25.2 Å². The first-order valence-electron chi connectivity index (χ1n) is 10.9. The Morgan fingerprint density at radius 3 is 2.64 bits per heavy atom. The van der Waals surface area contributed by atoms with Crippen LogP contribution < -0.4 is 5.32 Å². The van der Waals surface area contributed by atoms with E-state index in [4.69, 9.17) is 11.6 Å². The summed E-state index contributed by atoms with van der Waals surface area (Å²) >= 11 is 6.28. The molecule has 3 aromatic rings. The summed E-state index contributed by atoms with van der Waals surface area (Å²) < 4.78 is 67.7. The molecule has 0 radical (unpaired) electrons. The molecule has 2 aromatic heterocycles. The van der Waals surface area contributed by atoms with Crippen LogP contribution in [0.15, 0.2) is 18.3 Å². The summed E-state index contributed by atoms with van der Waals surface area (Å²) in [6.07, 6.45) is -1.21. The van der Waals surface area contributed by atoms with E-state index >= 15 is 0 Å². The summed E-state index contributed by atoms with van der Waals surface area (Å²) in [5, 5.41) is 23.0. The summed E-state index contributed by atoms with van der Waals surface area (Å²) in [6.45, 7) is 0.659. The monoisotopic (exact) mass is 548 g/mol. The molecule has 0 bridgehead atoms. The molecule has 0 amide bonds. The van der Waals surface area contributed by atoms with Crippen molar-refractivity contribution in [3.63, 3.8) is 0 Å². The zero-order valence-corrected chi connectivity index (χ0v) is 20.8. The number of rotatable bonds is 7. The van der Waals surface area contributed by atoms with Gasteiger partial charge >= 0.3 is 0 Å². The Morgan fingerprint density at radius 2 is 2.03 bits per heavy atom. The zero-order valence-electron chi connectivity index (χ0n) is 19.2. The molecule has 1 fully saturated rings. The normalized spacial score (nSPS) is 20.2. The van der Waals surface area contributed by atoms with E-state index in [2.05, 4.69) is 20.3 Å². The number of halogens is 4. The van der Waals surface area contributed by atoms with Crippen molar-refractivity contribution in [3.8, 4) is 11.3 Å². The first-order valence-corrected chi connectivity index (χ1v) is 13.1. The minimum Gasteiger partial charge on any atom is -0.390 e. The third-order valence-electron chi connectivity index (χ3n) is 6.08. The molecule has 0 saturated carbocycles. The van der Waals surface area contributed by atoms with E-state index in [1.807, 2.05) is 0 Å². The number of aliphatic hydroxyl groups is 2. The average Bonchev–Trinajstić information content (AvgIpc) is 3.19. The predicted octanol–water partition coefficient (Wildman–Crippen LogP) is 2.41. The van der Waals surface area contributed by atoms with Crippen molar-refractivity contribution >= 4 is 38.6 Å². The molecule has 0 aliphatic carbocycles. The third-order valence-corrected chi connectivity index (χ3v) is 7.63. The van der Waals surface area contributed by atoms with Crippen LogP contribution in [0.5, 0.6) is 0 Å². The quantitative estimate of drug-likeness (QED) is 0.410. The van der Waals surface area contributed by atoms with Crippen molar-refractivity contribution in [2.24, 2.45) is 0 Å². The van der Waals surface area contributed by atoms with Crippen LogP contribution in [-0.2, 0) is 16.6 Å². The summed E-state index contributed by atoms with van der Waals surface area (Å²) in [5.41, 5.74) is 0.116. The highest BCUT2D eigenvalue weighted by molar-refractivity contribution is 7.88. The fourth-order valence-electron chi connectivity index (χ4n) is 4.19. The standard InChI is InChI=1S/C21H24ClF3N6O4S/c1-10(20(24)25)31-15-6-11(5-13(23)19(15)28-17(31)9-32)18-12(22)7-26-21(29-18)27-14-3-4-30(8-16(14)33)36(2,34)35/h5-7,10,14,16,20,32-33H,3-4,8-9H2,1-2H3,(H,26,27,29)/t10?,14?,16-/m1/s1. The number of hydrogen-bond donors (Lipinski definition) is 3. The van der Waals surface area contributed by atoms with E-state index in [-0.39, 0.29) is 58.6 Å². The highest BCUT2D eigenvalue weighted by Gasteiger charge is 2.32. The second-order valence-corrected chi connectivity index (χ2v) is 11.0. The van der Waals surface area contributed by atoms with Crippen molar-refractivity contribution in [2.75, 3.05) is 24.7 Å². The maximum atomic E-state index is 15.0. The van der Waals surface area contributed by atoms with Crippen LogP contribution in [0.25, 0.3) is 22.3 Å². The molecule has 2 unspecified atom stereocenters. The number of β-amino-alcohol motifs (C(OH)–C–C–N with tert-alkyl or cyclic N) is 1. The summed E-state index contributed by atoms with van der Waals surface area (Å²) in [5.74, 6) is -0.873. The Bertz CT molecular complexity index is 1390. The Morgan fingerprint density at radius 1 is 1.31 bits per heavy atom. The number of alkyl halides is 2. The van der Waals surface area contributed by atoms with E-state index < -0.39 is 47.1 Å². The first kappa shape index (κ1) is 26.5. The maximum Gasteiger partial charge on any atom is 0.258 e. The number of nitrogens with zero attached hydrogens (tertiary/aromatic N) is 5. The van der Waals surface area contributed by atoms with E-state index in [0.717, 1.165) is 16.9 Å². The smallest absolute Gasteiger partial charge is 0.258 e. The number of hydrogen-bond acceptors (Lipinski definition) is 8. The van der Waals surface area contributed by atoms with Crippen LogP contribution >= 0.6 is 11.6 Å². The van der Waals surface area contributed by atoms with Crippen molar-refractivity contribution < 1.29 is 31.8 Å². The highest BCUT2D eigenvalue weighted by atomic mass is 35.5. The molecule has 4 rings (SSSR count). The van der Waals surface area contributed by atoms with Gasteiger partial charge in [0.25, 0.3) is 6.43 Å². The fraction of sp³-hybridized carbons (Fsp3) is 0.476. The molecule has 10 nitrogen and oxygen atoms in total. The van der Waals surface area contributed by atoms with Gasteiger partial charge in [-0.25, -0.2) is 36.5 Å². The Balaban J connectivity index is 1.69. The molecule has 36 heavy (non-hydrogen) atoms. The van der Waals surface area contributed by atoms with Gasteiger partial charge in [0.2, 0.25) is 16.0 Å². The van der Waals surface area contributed by atoms with E-state index in [1.54, 1.807) is 0 Å². The number of aromatic nitrogens is 4. The molecule has 1 aliphatic rings. The summed E-state index contributed by atoms with van der Waals surface area (Å²) in [4.78, 5) is 12.4. The first-order chi connectivity index (χ1) is 16.9. The van der Waals surface area contributed by atoms with Gasteiger partial charge in [0.1, 0.15) is 17.9 Å². The van der Waals surface area contributed by atoms with Crippen molar-refractivity contribution in [2.45, 2.75) is 44.6 Å². The molecule has 1 saturated heterocycles. The number of aliphatic hydroxyl groups excluding tert-OH is 2. The van der Waals surface area contributed by atoms with Gasteiger partial charge in [-0.2, -0.15) is 4.31 Å². The minimum absolute atomic E-state index is 0.0367. The number of nitrogens with one attached hydrogen (secondary N) is 1. The predicted molar refractivity (Wildman–Crippen MR) is 127 cm³/mol. The lowest BCUT2D eigenvalue weighted by molar-refractivity contribution is 0.0895. The molecule has 3 atom stereocenters. The van der Waals surface area contributed by atoms with E-state index in [0.29, 0.717) is 0 Å². The molecule has 196 valence electrons. The number of fused-ring (bicyclic) bond motifs is 1. The maximum absolute atomic E-state index is 15.0. The lowest BCUT2D eigenvalue weighted by atomic mass is 10.0. The van der Waals surface area contributed by atoms with Gasteiger partial charge in [0.05, 0.1) is 46.9 Å². The number of imidazole rings is 1. The largest absolute Gasteiger partial charge is 0.390 e. The molecule has 0 spiro atoms. The molecule has 1 aromatic carbocycles. The van der Waals surface area contributed by atoms with Crippen LogP contribution in [0.3, 0.4) is 0 Å². The van der Waals surface area contributed by atoms with Gasteiger partial charge < -0.3 is 20.1 Å². The Kier molecular flexibility index (Phi) is 7.44. The van der Waals surface area contributed by atoms with Crippen LogP contribution in [0.4, 0.5) is 19.1 Å². The number of piperidine rings is 1. The zero-order chi connectivity index (χ0) is 26.4. The molecule has 15 heteroatoms. The van der Waals surface area contributed by atoms with Crippen LogP contribution in [0, 0.1) is 5.82 Å². The second-order valence-electron chi connectivity index (χ2n) is 8.58. The third kappa shape index (κ3) is 5.13. The lowest BCUT2D eigenvalue weighted by Gasteiger charge is -2.34.